The predicted molar refractivity (Wildman–Crippen MR) is 97.6 cm³/mol. The summed E-state index contributed by atoms with van der Waals surface area (Å²) in [5.41, 5.74) is 3.21. The van der Waals surface area contributed by atoms with Crippen molar-refractivity contribution in [1.29, 1.82) is 0 Å². The summed E-state index contributed by atoms with van der Waals surface area (Å²) in [6.07, 6.45) is 1.70. The van der Waals surface area contributed by atoms with E-state index in [0.29, 0.717) is 17.9 Å². The number of para-hydroxylation sites is 1. The van der Waals surface area contributed by atoms with Gasteiger partial charge in [-0.25, -0.2) is 0 Å². The smallest absolute Gasteiger partial charge is 0.166 e. The number of quaternary nitrogens is 1. The van der Waals surface area contributed by atoms with E-state index >= 15 is 0 Å². The van der Waals surface area contributed by atoms with Gasteiger partial charge in [0.15, 0.2) is 11.5 Å². The maximum absolute atomic E-state index is 10.1. The van der Waals surface area contributed by atoms with E-state index in [0.717, 1.165) is 32.8 Å². The van der Waals surface area contributed by atoms with E-state index in [9.17, 15) is 5.11 Å². The number of hydrogen-bond donors (Lipinski definition) is 2. The van der Waals surface area contributed by atoms with Crippen LogP contribution in [0.4, 0.5) is 0 Å². The summed E-state index contributed by atoms with van der Waals surface area (Å²) >= 11 is 0. The van der Waals surface area contributed by atoms with Gasteiger partial charge in [0.25, 0.3) is 0 Å². The number of rotatable bonds is 6. The Kier molecular flexibility index (Phi) is 6.04. The summed E-state index contributed by atoms with van der Waals surface area (Å²) in [5, 5.41) is 10.1. The Morgan fingerprint density at radius 3 is 2.64 bits per heavy atom. The van der Waals surface area contributed by atoms with Crippen molar-refractivity contribution in [2.24, 2.45) is 4.99 Å². The lowest BCUT2D eigenvalue weighted by molar-refractivity contribution is -0.921. The molecule has 0 radical (unpaired) electrons. The maximum atomic E-state index is 10.1. The zero-order valence-electron chi connectivity index (χ0n) is 14.6. The van der Waals surface area contributed by atoms with E-state index in [1.807, 2.05) is 18.2 Å². The average Bonchev–Trinajstić information content (AvgIpc) is 2.65. The fourth-order valence-electron chi connectivity index (χ4n) is 3.04. The number of nitrogens with zero attached hydrogens (tertiary/aromatic N) is 1. The van der Waals surface area contributed by atoms with Crippen LogP contribution in [-0.2, 0) is 17.8 Å². The number of methoxy groups -OCH3 is 1. The van der Waals surface area contributed by atoms with Gasteiger partial charge in [-0.15, -0.1) is 0 Å². The van der Waals surface area contributed by atoms with Gasteiger partial charge in [-0.1, -0.05) is 30.3 Å². The summed E-state index contributed by atoms with van der Waals surface area (Å²) in [6, 6.07) is 13.8. The number of phenolic OH excluding ortho intramolecular Hbond substituents is 1. The van der Waals surface area contributed by atoms with E-state index in [-0.39, 0.29) is 5.75 Å². The Morgan fingerprint density at radius 2 is 1.88 bits per heavy atom. The van der Waals surface area contributed by atoms with Crippen LogP contribution in [0.2, 0.25) is 0 Å². The van der Waals surface area contributed by atoms with Gasteiger partial charge in [0.05, 0.1) is 26.9 Å². The normalized spacial score (nSPS) is 15.6. The van der Waals surface area contributed by atoms with Gasteiger partial charge >= 0.3 is 0 Å². The molecule has 1 fully saturated rings. The lowest BCUT2D eigenvalue weighted by Crippen LogP contribution is -3.12. The number of phenols is 1. The van der Waals surface area contributed by atoms with Crippen molar-refractivity contribution in [2.45, 2.75) is 13.1 Å². The molecule has 0 amide bonds. The largest absolute Gasteiger partial charge is 0.504 e. The van der Waals surface area contributed by atoms with E-state index in [2.05, 4.69) is 23.2 Å². The maximum Gasteiger partial charge on any atom is 0.166 e. The molecule has 3 rings (SSSR count). The first-order valence-electron chi connectivity index (χ1n) is 8.62. The molecule has 0 unspecified atom stereocenters. The molecule has 0 saturated carbocycles. The summed E-state index contributed by atoms with van der Waals surface area (Å²) in [5.74, 6) is 0.583. The third-order valence-electron chi connectivity index (χ3n) is 4.50. The standard InChI is InChI=1S/C20H24N2O3/c1-24-19-8-4-7-17(20(19)23)14-21-13-16-5-2-3-6-18(16)15-22-9-11-25-12-10-22/h2-8,14,23H,9-13,15H2,1H3/p+1. The van der Waals surface area contributed by atoms with Crippen LogP contribution in [0, 0.1) is 0 Å². The fourth-order valence-corrected chi connectivity index (χ4v) is 3.04. The second-order valence-electron chi connectivity index (χ2n) is 6.18. The number of aromatic hydroxyl groups is 1. The highest BCUT2D eigenvalue weighted by Crippen LogP contribution is 2.28. The SMILES string of the molecule is COc1cccc(C=NCc2ccccc2C[NH+]2CCOCC2)c1O. The van der Waals surface area contributed by atoms with Crippen LogP contribution < -0.4 is 9.64 Å². The first kappa shape index (κ1) is 17.5. The van der Waals surface area contributed by atoms with E-state index < -0.39 is 0 Å². The molecule has 1 aliphatic rings. The van der Waals surface area contributed by atoms with Crippen molar-refractivity contribution >= 4 is 6.21 Å². The zero-order chi connectivity index (χ0) is 17.5. The van der Waals surface area contributed by atoms with Gasteiger partial charge in [0.1, 0.15) is 19.6 Å². The number of nitrogens with one attached hydrogen (secondary N) is 1. The molecule has 1 heterocycles. The van der Waals surface area contributed by atoms with Gasteiger partial charge < -0.3 is 19.5 Å². The second kappa shape index (κ2) is 8.65. The van der Waals surface area contributed by atoms with E-state index in [1.54, 1.807) is 24.3 Å². The van der Waals surface area contributed by atoms with Crippen LogP contribution in [0.15, 0.2) is 47.5 Å². The van der Waals surface area contributed by atoms with Crippen LogP contribution in [0.3, 0.4) is 0 Å². The molecule has 0 atom stereocenters. The zero-order valence-corrected chi connectivity index (χ0v) is 14.6. The van der Waals surface area contributed by atoms with Crippen molar-refractivity contribution in [1.82, 2.24) is 0 Å². The molecule has 25 heavy (non-hydrogen) atoms. The van der Waals surface area contributed by atoms with Crippen molar-refractivity contribution in [3.05, 3.63) is 59.2 Å². The lowest BCUT2D eigenvalue weighted by atomic mass is 10.1. The number of hydrogen-bond acceptors (Lipinski definition) is 4. The quantitative estimate of drug-likeness (QED) is 0.782. The molecule has 0 spiro atoms. The molecular formula is C20H25N2O3+. The Morgan fingerprint density at radius 1 is 1.12 bits per heavy atom. The van der Waals surface area contributed by atoms with E-state index in [4.69, 9.17) is 9.47 Å². The summed E-state index contributed by atoms with van der Waals surface area (Å²) in [4.78, 5) is 6.08. The number of aliphatic imine (C=N–C) groups is 1. The van der Waals surface area contributed by atoms with Gasteiger partial charge in [-0.2, -0.15) is 0 Å². The fraction of sp³-hybridized carbons (Fsp3) is 0.350. The molecule has 1 aliphatic heterocycles. The van der Waals surface area contributed by atoms with Crippen LogP contribution in [0.5, 0.6) is 11.5 Å². The number of ether oxygens (including phenoxy) is 2. The van der Waals surface area contributed by atoms with Crippen molar-refractivity contribution in [2.75, 3.05) is 33.4 Å². The summed E-state index contributed by atoms with van der Waals surface area (Å²) in [7, 11) is 1.54. The number of morpholine rings is 1. The van der Waals surface area contributed by atoms with Gasteiger partial charge in [-0.3, -0.25) is 4.99 Å². The molecule has 0 bridgehead atoms. The van der Waals surface area contributed by atoms with Gasteiger partial charge in [-0.05, 0) is 17.7 Å². The third kappa shape index (κ3) is 4.59. The Balaban J connectivity index is 1.69. The highest BCUT2D eigenvalue weighted by Gasteiger charge is 2.15. The molecule has 2 aromatic rings. The summed E-state index contributed by atoms with van der Waals surface area (Å²) < 4.78 is 10.6. The minimum atomic E-state index is 0.125. The Hall–Kier alpha value is -2.37. The Bertz CT molecular complexity index is 725. The molecule has 132 valence electrons. The molecule has 2 aromatic carbocycles. The monoisotopic (exact) mass is 341 g/mol. The van der Waals surface area contributed by atoms with Crippen molar-refractivity contribution < 1.29 is 19.5 Å². The Labute approximate surface area is 148 Å². The minimum absolute atomic E-state index is 0.125. The minimum Gasteiger partial charge on any atom is -0.504 e. The van der Waals surface area contributed by atoms with Gasteiger partial charge in [0, 0.05) is 17.3 Å². The number of benzene rings is 2. The highest BCUT2D eigenvalue weighted by molar-refractivity contribution is 5.84. The first-order valence-corrected chi connectivity index (χ1v) is 8.62. The van der Waals surface area contributed by atoms with Crippen LogP contribution >= 0.6 is 0 Å². The predicted octanol–water partition coefficient (Wildman–Crippen LogP) is 1.43. The lowest BCUT2D eigenvalue weighted by Gasteiger charge is -2.24. The molecule has 0 aliphatic carbocycles. The molecular weight excluding hydrogens is 316 g/mol. The van der Waals surface area contributed by atoms with Crippen molar-refractivity contribution in [3.8, 4) is 11.5 Å². The second-order valence-corrected chi connectivity index (χ2v) is 6.18. The van der Waals surface area contributed by atoms with Crippen LogP contribution in [0.1, 0.15) is 16.7 Å². The molecule has 0 aromatic heterocycles. The van der Waals surface area contributed by atoms with Crippen LogP contribution in [-0.4, -0.2) is 44.7 Å². The van der Waals surface area contributed by atoms with Crippen LogP contribution in [0.25, 0.3) is 0 Å². The third-order valence-corrected chi connectivity index (χ3v) is 4.50. The average molecular weight is 341 g/mol. The molecule has 5 nitrogen and oxygen atoms in total. The van der Waals surface area contributed by atoms with Crippen molar-refractivity contribution in [3.63, 3.8) is 0 Å². The molecule has 1 saturated heterocycles. The topological polar surface area (TPSA) is 55.5 Å². The first-order chi connectivity index (χ1) is 12.3. The highest BCUT2D eigenvalue weighted by atomic mass is 16.5. The molecule has 2 N–H and O–H groups in total. The summed E-state index contributed by atoms with van der Waals surface area (Å²) in [6.45, 7) is 5.37. The molecule has 5 heteroatoms. The van der Waals surface area contributed by atoms with E-state index in [1.165, 1.54) is 11.1 Å². The van der Waals surface area contributed by atoms with Gasteiger partial charge in [0.2, 0.25) is 0 Å².